The number of nitrogens with zero attached hydrogens (tertiary/aromatic N) is 4. The minimum atomic E-state index is -0.772. The quantitative estimate of drug-likeness (QED) is 0.822. The highest BCUT2D eigenvalue weighted by atomic mass is 16.3. The molecule has 1 saturated heterocycles. The molecule has 0 unspecified atom stereocenters. The molecule has 2 aliphatic rings. The fourth-order valence-corrected chi connectivity index (χ4v) is 3.91. The number of carbonyl (C=O) groups excluding carboxylic acids is 1. The van der Waals surface area contributed by atoms with Crippen molar-refractivity contribution in [1.82, 2.24) is 20.2 Å². The molecule has 0 spiro atoms. The number of aliphatic hydroxyl groups is 1. The maximum atomic E-state index is 12.6. The summed E-state index contributed by atoms with van der Waals surface area (Å²) in [5.41, 5.74) is 1.08. The molecule has 2 fully saturated rings. The molecule has 1 aliphatic heterocycles. The lowest BCUT2D eigenvalue weighted by Gasteiger charge is -2.24. The van der Waals surface area contributed by atoms with E-state index in [9.17, 15) is 9.90 Å². The third kappa shape index (κ3) is 3.99. The fourth-order valence-electron chi connectivity index (χ4n) is 3.91. The first-order chi connectivity index (χ1) is 12.3. The van der Waals surface area contributed by atoms with Crippen LogP contribution in [-0.4, -0.2) is 71.3 Å². The van der Waals surface area contributed by atoms with Gasteiger partial charge in [-0.15, -0.1) is 0 Å². The smallest absolute Gasteiger partial charge is 0.289 e. The Labute approximate surface area is 155 Å². The second-order valence-electron chi connectivity index (χ2n) is 8.05. The number of anilines is 1. The zero-order valence-corrected chi connectivity index (χ0v) is 16.4. The molecule has 1 aromatic rings. The van der Waals surface area contributed by atoms with E-state index < -0.39 is 5.60 Å². The lowest BCUT2D eigenvalue weighted by atomic mass is 10.0. The van der Waals surface area contributed by atoms with Gasteiger partial charge in [0.05, 0.1) is 5.60 Å². The van der Waals surface area contributed by atoms with Gasteiger partial charge < -0.3 is 20.2 Å². The maximum Gasteiger partial charge on any atom is 0.289 e. The second-order valence-corrected chi connectivity index (χ2v) is 8.05. The summed E-state index contributed by atoms with van der Waals surface area (Å²) >= 11 is 0. The molecule has 2 N–H and O–H groups in total. The van der Waals surface area contributed by atoms with E-state index in [1.807, 2.05) is 13.8 Å². The molecule has 0 bridgehead atoms. The van der Waals surface area contributed by atoms with Crippen molar-refractivity contribution in [3.63, 3.8) is 0 Å². The van der Waals surface area contributed by atoms with Gasteiger partial charge in [0.25, 0.3) is 5.91 Å². The van der Waals surface area contributed by atoms with Crippen LogP contribution in [0.4, 0.5) is 5.82 Å². The molecule has 26 heavy (non-hydrogen) atoms. The second kappa shape index (κ2) is 7.48. The summed E-state index contributed by atoms with van der Waals surface area (Å²) in [6.07, 6.45) is 4.60. The van der Waals surface area contributed by atoms with Crippen molar-refractivity contribution in [3.8, 4) is 0 Å². The largest absolute Gasteiger partial charge is 0.388 e. The van der Waals surface area contributed by atoms with Gasteiger partial charge in [-0.05, 0) is 47.2 Å². The Hall–Kier alpha value is -1.73. The first-order valence-corrected chi connectivity index (χ1v) is 9.56. The minimum absolute atomic E-state index is 0.193. The fraction of sp³-hybridized carbons (Fsp3) is 0.737. The number of nitrogens with one attached hydrogen (secondary N) is 1. The molecule has 0 radical (unpaired) electrons. The molecule has 144 valence electrons. The lowest BCUT2D eigenvalue weighted by Crippen LogP contribution is -2.41. The highest BCUT2D eigenvalue weighted by Gasteiger charge is 2.32. The molecule has 1 atom stereocenters. The van der Waals surface area contributed by atoms with Crippen molar-refractivity contribution >= 4 is 11.7 Å². The van der Waals surface area contributed by atoms with Gasteiger partial charge in [0.15, 0.2) is 0 Å². The predicted octanol–water partition coefficient (Wildman–Crippen LogP) is 1.27. The Morgan fingerprint density at radius 3 is 2.62 bits per heavy atom. The Bertz CT molecular complexity index is 670. The van der Waals surface area contributed by atoms with Crippen LogP contribution in [0.2, 0.25) is 0 Å². The van der Waals surface area contributed by atoms with Crippen LogP contribution in [-0.2, 0) is 0 Å². The van der Waals surface area contributed by atoms with Crippen LogP contribution in [0.15, 0.2) is 0 Å². The normalized spacial score (nSPS) is 22.2. The van der Waals surface area contributed by atoms with Crippen LogP contribution < -0.4 is 10.2 Å². The van der Waals surface area contributed by atoms with Gasteiger partial charge in [-0.2, -0.15) is 0 Å². The van der Waals surface area contributed by atoms with Gasteiger partial charge in [0.2, 0.25) is 5.82 Å². The van der Waals surface area contributed by atoms with E-state index in [0.29, 0.717) is 6.04 Å². The van der Waals surface area contributed by atoms with Crippen LogP contribution in [0.5, 0.6) is 0 Å². The summed E-state index contributed by atoms with van der Waals surface area (Å²) in [5.74, 6) is 0.739. The van der Waals surface area contributed by atoms with Crippen molar-refractivity contribution in [2.45, 2.75) is 57.6 Å². The highest BCUT2D eigenvalue weighted by Crippen LogP contribution is 2.29. The van der Waals surface area contributed by atoms with E-state index in [0.717, 1.165) is 62.3 Å². The summed E-state index contributed by atoms with van der Waals surface area (Å²) in [7, 11) is 4.19. The molecule has 7 heteroatoms. The molecular weight excluding hydrogens is 330 g/mol. The van der Waals surface area contributed by atoms with E-state index in [1.54, 1.807) is 0 Å². The summed E-state index contributed by atoms with van der Waals surface area (Å²) in [4.78, 5) is 26.0. The van der Waals surface area contributed by atoms with E-state index in [1.165, 1.54) is 0 Å². The number of amides is 1. The number of carbonyl (C=O) groups is 1. The van der Waals surface area contributed by atoms with E-state index in [2.05, 4.69) is 39.2 Å². The Kier molecular flexibility index (Phi) is 5.48. The molecule has 1 aliphatic carbocycles. The van der Waals surface area contributed by atoms with Crippen molar-refractivity contribution in [1.29, 1.82) is 0 Å². The highest BCUT2D eigenvalue weighted by molar-refractivity contribution is 5.91. The standard InChI is InChI=1S/C19H31N5O2/c1-13-14(2)21-16(18(25)20-12-19(26)8-5-6-9-19)22-17(13)24-10-7-15(11-24)23(3)4/h15,26H,5-12H2,1-4H3,(H,20,25)/t15-/m1/s1. The first-order valence-electron chi connectivity index (χ1n) is 9.56. The van der Waals surface area contributed by atoms with Gasteiger partial charge in [0.1, 0.15) is 5.82 Å². The Morgan fingerprint density at radius 1 is 1.31 bits per heavy atom. The van der Waals surface area contributed by atoms with Crippen molar-refractivity contribution in [2.75, 3.05) is 38.6 Å². The zero-order chi connectivity index (χ0) is 18.9. The van der Waals surface area contributed by atoms with Crippen molar-refractivity contribution in [3.05, 3.63) is 17.1 Å². The SMILES string of the molecule is Cc1nc(C(=O)NCC2(O)CCCC2)nc(N2CC[C@@H](N(C)C)C2)c1C. The van der Waals surface area contributed by atoms with Crippen LogP contribution in [0.25, 0.3) is 0 Å². The Morgan fingerprint density at radius 2 is 2.00 bits per heavy atom. The number of rotatable bonds is 5. The number of aromatic nitrogens is 2. The number of hydrogen-bond donors (Lipinski definition) is 2. The molecule has 0 aromatic carbocycles. The molecule has 1 aromatic heterocycles. The van der Waals surface area contributed by atoms with Crippen LogP contribution in [0, 0.1) is 13.8 Å². The number of aryl methyl sites for hydroxylation is 1. The van der Waals surface area contributed by atoms with Crippen molar-refractivity contribution in [2.24, 2.45) is 0 Å². The van der Waals surface area contributed by atoms with Gasteiger partial charge in [0, 0.05) is 36.9 Å². The van der Waals surface area contributed by atoms with Crippen molar-refractivity contribution < 1.29 is 9.90 Å². The van der Waals surface area contributed by atoms with E-state index >= 15 is 0 Å². The zero-order valence-electron chi connectivity index (χ0n) is 16.4. The third-order valence-corrected chi connectivity index (χ3v) is 5.87. The lowest BCUT2D eigenvalue weighted by molar-refractivity contribution is 0.0447. The first kappa shape index (κ1) is 19.0. The van der Waals surface area contributed by atoms with Gasteiger partial charge in [-0.25, -0.2) is 9.97 Å². The molecule has 3 rings (SSSR count). The number of hydrogen-bond acceptors (Lipinski definition) is 6. The van der Waals surface area contributed by atoms with Crippen LogP contribution in [0.1, 0.15) is 54.0 Å². The summed E-state index contributed by atoms with van der Waals surface area (Å²) in [6.45, 7) is 6.04. The van der Waals surface area contributed by atoms with E-state index in [4.69, 9.17) is 0 Å². The Balaban J connectivity index is 1.74. The predicted molar refractivity (Wildman–Crippen MR) is 102 cm³/mol. The topological polar surface area (TPSA) is 81.6 Å². The molecular formula is C19H31N5O2. The molecule has 2 heterocycles. The number of likely N-dealkylation sites (N-methyl/N-ethyl adjacent to an activating group) is 1. The summed E-state index contributed by atoms with van der Waals surface area (Å²) in [5, 5.41) is 13.3. The summed E-state index contributed by atoms with van der Waals surface area (Å²) in [6, 6.07) is 0.499. The molecule has 1 amide bonds. The van der Waals surface area contributed by atoms with Crippen LogP contribution in [0.3, 0.4) is 0 Å². The monoisotopic (exact) mass is 361 g/mol. The molecule has 1 saturated carbocycles. The van der Waals surface area contributed by atoms with E-state index in [-0.39, 0.29) is 18.3 Å². The minimum Gasteiger partial charge on any atom is -0.388 e. The van der Waals surface area contributed by atoms with Gasteiger partial charge >= 0.3 is 0 Å². The van der Waals surface area contributed by atoms with Gasteiger partial charge in [-0.1, -0.05) is 12.8 Å². The molecule has 7 nitrogen and oxygen atoms in total. The average molecular weight is 361 g/mol. The average Bonchev–Trinajstić information content (AvgIpc) is 3.25. The van der Waals surface area contributed by atoms with Gasteiger partial charge in [-0.3, -0.25) is 4.79 Å². The maximum absolute atomic E-state index is 12.6. The summed E-state index contributed by atoms with van der Waals surface area (Å²) < 4.78 is 0. The third-order valence-electron chi connectivity index (χ3n) is 5.87. The van der Waals surface area contributed by atoms with Crippen LogP contribution >= 0.6 is 0 Å².